The molecule has 1 unspecified atom stereocenters. The smallest absolute Gasteiger partial charge is 0.299 e. The molecule has 144 valence electrons. The van der Waals surface area contributed by atoms with Gasteiger partial charge in [-0.05, 0) is 44.0 Å². The molecule has 2 amide bonds. The molecule has 7 heteroatoms. The molecule has 27 heavy (non-hydrogen) atoms. The van der Waals surface area contributed by atoms with Crippen LogP contribution in [0.2, 0.25) is 0 Å². The summed E-state index contributed by atoms with van der Waals surface area (Å²) in [5.41, 5.74) is 2.58. The maximum atomic E-state index is 13.0. The van der Waals surface area contributed by atoms with Gasteiger partial charge < -0.3 is 0 Å². The van der Waals surface area contributed by atoms with Gasteiger partial charge in [-0.25, -0.2) is 4.79 Å². The Kier molecular flexibility index (Phi) is 4.63. The average Bonchev–Trinajstić information content (AvgIpc) is 2.93. The lowest BCUT2D eigenvalue weighted by Gasteiger charge is -2.28. The van der Waals surface area contributed by atoms with Crippen LogP contribution in [0.5, 0.6) is 0 Å². The van der Waals surface area contributed by atoms with E-state index in [4.69, 9.17) is 0 Å². The van der Waals surface area contributed by atoms with Crippen molar-refractivity contribution in [3.63, 3.8) is 0 Å². The molecule has 3 heterocycles. The molecule has 0 aliphatic carbocycles. The van der Waals surface area contributed by atoms with E-state index in [1.807, 2.05) is 12.1 Å². The van der Waals surface area contributed by atoms with Gasteiger partial charge in [0.25, 0.3) is 5.91 Å². The van der Waals surface area contributed by atoms with Crippen molar-refractivity contribution in [2.75, 3.05) is 20.1 Å². The van der Waals surface area contributed by atoms with Gasteiger partial charge in [0.1, 0.15) is 6.04 Å². The molecule has 1 aromatic heterocycles. The molecule has 0 radical (unpaired) electrons. The van der Waals surface area contributed by atoms with Gasteiger partial charge in [-0.3, -0.25) is 28.5 Å². The lowest BCUT2D eigenvalue weighted by molar-refractivity contribution is -0.149. The van der Waals surface area contributed by atoms with E-state index in [1.165, 1.54) is 26.3 Å². The van der Waals surface area contributed by atoms with Crippen LogP contribution in [0.25, 0.3) is 11.0 Å². The van der Waals surface area contributed by atoms with Gasteiger partial charge in [0, 0.05) is 27.1 Å². The zero-order chi connectivity index (χ0) is 19.1. The minimum Gasteiger partial charge on any atom is -0.299 e. The zero-order valence-electron chi connectivity index (χ0n) is 16.0. The van der Waals surface area contributed by atoms with Crippen molar-refractivity contribution in [2.45, 2.75) is 44.7 Å². The Labute approximate surface area is 158 Å². The number of hydrogen-bond donors (Lipinski definition) is 0. The molecule has 0 saturated carbocycles. The van der Waals surface area contributed by atoms with Crippen LogP contribution in [0, 0.1) is 0 Å². The monoisotopic (exact) mass is 370 g/mol. The van der Waals surface area contributed by atoms with Crippen LogP contribution in [0.4, 0.5) is 0 Å². The highest BCUT2D eigenvalue weighted by Crippen LogP contribution is 2.28. The van der Waals surface area contributed by atoms with Crippen molar-refractivity contribution >= 4 is 22.8 Å². The van der Waals surface area contributed by atoms with Crippen LogP contribution in [0.15, 0.2) is 23.0 Å². The summed E-state index contributed by atoms with van der Waals surface area (Å²) in [6.45, 7) is 2.98. The second-order valence-corrected chi connectivity index (χ2v) is 7.68. The van der Waals surface area contributed by atoms with E-state index in [2.05, 4.69) is 11.0 Å². The highest BCUT2D eigenvalue weighted by Gasteiger charge is 2.35. The van der Waals surface area contributed by atoms with E-state index in [9.17, 15) is 14.4 Å². The number of fused-ring (bicyclic) bond motifs is 1. The highest BCUT2D eigenvalue weighted by molar-refractivity contribution is 6.00. The molecule has 2 aromatic rings. The fourth-order valence-corrected chi connectivity index (χ4v) is 4.44. The molecule has 2 fully saturated rings. The number of likely N-dealkylation sites (N-methyl/N-ethyl adjacent to an activating group) is 1. The number of rotatable bonds is 3. The third kappa shape index (κ3) is 3.00. The molecule has 7 nitrogen and oxygen atoms in total. The average molecular weight is 370 g/mol. The molecule has 1 atom stereocenters. The molecule has 2 aliphatic heterocycles. The Balaban J connectivity index is 1.78. The van der Waals surface area contributed by atoms with Gasteiger partial charge >= 0.3 is 5.69 Å². The second kappa shape index (κ2) is 6.96. The number of aromatic nitrogens is 2. The van der Waals surface area contributed by atoms with Crippen molar-refractivity contribution in [3.05, 3.63) is 34.2 Å². The van der Waals surface area contributed by atoms with E-state index in [1.54, 1.807) is 16.2 Å². The van der Waals surface area contributed by atoms with Crippen molar-refractivity contribution in [1.29, 1.82) is 0 Å². The van der Waals surface area contributed by atoms with E-state index < -0.39 is 6.04 Å². The third-order valence-electron chi connectivity index (χ3n) is 5.96. The standard InChI is InChI=1S/C20H26N4O3/c1-21-17(25)10-9-16(19(21)26)24-15-8-6-7-14(18(15)22(2)20(24)27)13-23-11-4-3-5-12-23/h6-8,16H,3-5,9-13H2,1-2H3. The first-order valence-corrected chi connectivity index (χ1v) is 9.70. The first kappa shape index (κ1) is 18.0. The van der Waals surface area contributed by atoms with Crippen molar-refractivity contribution < 1.29 is 9.59 Å². The van der Waals surface area contributed by atoms with E-state index in [0.29, 0.717) is 6.42 Å². The Morgan fingerprint density at radius 1 is 1.04 bits per heavy atom. The predicted octanol–water partition coefficient (Wildman–Crippen LogP) is 1.65. The van der Waals surface area contributed by atoms with Gasteiger partial charge in [-0.15, -0.1) is 0 Å². The quantitative estimate of drug-likeness (QED) is 0.771. The van der Waals surface area contributed by atoms with Crippen LogP contribution in [-0.4, -0.2) is 50.9 Å². The molecular weight excluding hydrogens is 344 g/mol. The Morgan fingerprint density at radius 3 is 2.52 bits per heavy atom. The molecule has 1 aromatic carbocycles. The number of imidazole rings is 1. The van der Waals surface area contributed by atoms with Gasteiger partial charge in [0.05, 0.1) is 11.0 Å². The van der Waals surface area contributed by atoms with Gasteiger partial charge in [-0.2, -0.15) is 0 Å². The third-order valence-corrected chi connectivity index (χ3v) is 5.96. The Morgan fingerprint density at radius 2 is 1.78 bits per heavy atom. The van der Waals surface area contributed by atoms with Crippen molar-refractivity contribution in [3.8, 4) is 0 Å². The minimum absolute atomic E-state index is 0.185. The number of piperidine rings is 2. The number of para-hydroxylation sites is 1. The van der Waals surface area contributed by atoms with E-state index in [0.717, 1.165) is 41.1 Å². The summed E-state index contributed by atoms with van der Waals surface area (Å²) in [5.74, 6) is -0.488. The number of nitrogens with zero attached hydrogens (tertiary/aromatic N) is 4. The van der Waals surface area contributed by atoms with Gasteiger partial charge in [0.15, 0.2) is 0 Å². The number of hydrogen-bond acceptors (Lipinski definition) is 4. The summed E-state index contributed by atoms with van der Waals surface area (Å²) in [7, 11) is 3.26. The van der Waals surface area contributed by atoms with Crippen LogP contribution in [0.3, 0.4) is 0 Å². The molecule has 0 bridgehead atoms. The molecule has 0 spiro atoms. The fraction of sp³-hybridized carbons (Fsp3) is 0.550. The minimum atomic E-state index is -0.617. The fourth-order valence-electron chi connectivity index (χ4n) is 4.44. The summed E-state index contributed by atoms with van der Waals surface area (Å²) < 4.78 is 3.23. The van der Waals surface area contributed by atoms with Crippen LogP contribution >= 0.6 is 0 Å². The predicted molar refractivity (Wildman–Crippen MR) is 102 cm³/mol. The molecule has 2 saturated heterocycles. The second-order valence-electron chi connectivity index (χ2n) is 7.68. The highest BCUT2D eigenvalue weighted by atomic mass is 16.2. The normalized spacial score (nSPS) is 22.0. The number of aryl methyl sites for hydroxylation is 1. The lowest BCUT2D eigenvalue weighted by atomic mass is 10.0. The van der Waals surface area contributed by atoms with Crippen molar-refractivity contribution in [2.24, 2.45) is 7.05 Å². The van der Waals surface area contributed by atoms with Crippen LogP contribution in [0.1, 0.15) is 43.7 Å². The molecule has 2 aliphatic rings. The van der Waals surface area contributed by atoms with E-state index in [-0.39, 0.29) is 23.9 Å². The molecular formula is C20H26N4O3. The maximum absolute atomic E-state index is 13.0. The number of carbonyl (C=O) groups is 2. The van der Waals surface area contributed by atoms with Crippen LogP contribution < -0.4 is 5.69 Å². The largest absolute Gasteiger partial charge is 0.329 e. The van der Waals surface area contributed by atoms with Crippen LogP contribution in [-0.2, 0) is 23.2 Å². The number of imide groups is 1. The lowest BCUT2D eigenvalue weighted by Crippen LogP contribution is -2.45. The first-order valence-electron chi connectivity index (χ1n) is 9.70. The molecule has 4 rings (SSSR count). The summed E-state index contributed by atoms with van der Waals surface area (Å²) in [4.78, 5) is 41.1. The molecule has 0 N–H and O–H groups in total. The SMILES string of the molecule is CN1C(=O)CCC(n2c(=O)n(C)c3c(CN4CCCCC4)cccc32)C1=O. The number of likely N-dealkylation sites (tertiary alicyclic amines) is 2. The van der Waals surface area contributed by atoms with Crippen molar-refractivity contribution in [1.82, 2.24) is 18.9 Å². The Hall–Kier alpha value is -2.41. The zero-order valence-corrected chi connectivity index (χ0v) is 16.0. The van der Waals surface area contributed by atoms with Gasteiger partial charge in [0.2, 0.25) is 5.91 Å². The Bertz CT molecular complexity index is 952. The topological polar surface area (TPSA) is 67.6 Å². The maximum Gasteiger partial charge on any atom is 0.329 e. The summed E-state index contributed by atoms with van der Waals surface area (Å²) in [5, 5.41) is 0. The first-order chi connectivity index (χ1) is 13.0. The summed E-state index contributed by atoms with van der Waals surface area (Å²) in [6, 6.07) is 5.31. The summed E-state index contributed by atoms with van der Waals surface area (Å²) >= 11 is 0. The number of benzene rings is 1. The summed E-state index contributed by atoms with van der Waals surface area (Å²) in [6.07, 6.45) is 4.37. The number of amides is 2. The van der Waals surface area contributed by atoms with Gasteiger partial charge in [-0.1, -0.05) is 18.6 Å². The number of carbonyl (C=O) groups excluding carboxylic acids is 2. The van der Waals surface area contributed by atoms with E-state index >= 15 is 0 Å².